The zero-order chi connectivity index (χ0) is 11.6. The number of likely N-dealkylation sites (tertiary alicyclic amines) is 1. The van der Waals surface area contributed by atoms with Crippen molar-refractivity contribution in [1.82, 2.24) is 4.90 Å². The Hall–Kier alpha value is -1.51. The first-order valence-corrected chi connectivity index (χ1v) is 5.58. The molecule has 1 fully saturated rings. The number of amides is 1. The van der Waals surface area contributed by atoms with E-state index < -0.39 is 0 Å². The molecule has 1 aromatic rings. The summed E-state index contributed by atoms with van der Waals surface area (Å²) in [6, 6.07) is 9.43. The van der Waals surface area contributed by atoms with Gasteiger partial charge in [-0.05, 0) is 32.4 Å². The molecule has 0 N–H and O–H groups in total. The number of ether oxygens (including phenoxy) is 1. The number of nitrogens with zero attached hydrogens (tertiary/aromatic N) is 1. The van der Waals surface area contributed by atoms with Crippen LogP contribution in [-0.4, -0.2) is 29.5 Å². The molecule has 0 aliphatic carbocycles. The van der Waals surface area contributed by atoms with Gasteiger partial charge < -0.3 is 9.64 Å². The van der Waals surface area contributed by atoms with Crippen LogP contribution in [0.2, 0.25) is 0 Å². The van der Waals surface area contributed by atoms with Crippen LogP contribution in [0.4, 0.5) is 0 Å². The summed E-state index contributed by atoms with van der Waals surface area (Å²) in [6.45, 7) is 5.14. The second kappa shape index (κ2) is 4.16. The maximum Gasteiger partial charge on any atom is 0.260 e. The summed E-state index contributed by atoms with van der Waals surface area (Å²) in [6.07, 6.45) is 1.07. The lowest BCUT2D eigenvalue weighted by atomic mass is 9.89. The second-order valence-corrected chi connectivity index (χ2v) is 4.71. The molecule has 0 atom stereocenters. The molecule has 0 unspecified atom stereocenters. The van der Waals surface area contributed by atoms with E-state index in [9.17, 15) is 4.79 Å². The maximum absolute atomic E-state index is 11.8. The van der Waals surface area contributed by atoms with Crippen molar-refractivity contribution in [3.8, 4) is 5.75 Å². The first-order valence-electron chi connectivity index (χ1n) is 5.58. The first kappa shape index (κ1) is 11.0. The van der Waals surface area contributed by atoms with Crippen LogP contribution in [-0.2, 0) is 4.79 Å². The first-order chi connectivity index (χ1) is 7.59. The Bertz CT molecular complexity index is 373. The molecule has 3 heteroatoms. The molecule has 16 heavy (non-hydrogen) atoms. The van der Waals surface area contributed by atoms with E-state index in [4.69, 9.17) is 4.74 Å². The zero-order valence-electron chi connectivity index (χ0n) is 9.77. The van der Waals surface area contributed by atoms with Gasteiger partial charge in [-0.3, -0.25) is 4.79 Å². The molecule has 2 rings (SSSR count). The highest BCUT2D eigenvalue weighted by atomic mass is 16.5. The van der Waals surface area contributed by atoms with Gasteiger partial charge in [0.05, 0.1) is 0 Å². The zero-order valence-corrected chi connectivity index (χ0v) is 9.77. The standard InChI is InChI=1S/C13H17NO2/c1-13(2)8-9-14(13)12(15)10-16-11-6-4-3-5-7-11/h3-7H,8-10H2,1-2H3. The lowest BCUT2D eigenvalue weighted by molar-refractivity contribution is -0.146. The monoisotopic (exact) mass is 219 g/mol. The van der Waals surface area contributed by atoms with Crippen LogP contribution in [0.3, 0.4) is 0 Å². The van der Waals surface area contributed by atoms with Crippen LogP contribution in [0.1, 0.15) is 20.3 Å². The van der Waals surface area contributed by atoms with Crippen LogP contribution in [0.25, 0.3) is 0 Å². The van der Waals surface area contributed by atoms with Crippen LogP contribution < -0.4 is 4.74 Å². The number of hydrogen-bond acceptors (Lipinski definition) is 2. The van der Waals surface area contributed by atoms with E-state index in [1.165, 1.54) is 0 Å². The molecular weight excluding hydrogens is 202 g/mol. The van der Waals surface area contributed by atoms with Crippen LogP contribution >= 0.6 is 0 Å². The number of rotatable bonds is 3. The fourth-order valence-electron chi connectivity index (χ4n) is 1.87. The smallest absolute Gasteiger partial charge is 0.260 e. The van der Waals surface area contributed by atoms with E-state index in [0.29, 0.717) is 0 Å². The highest BCUT2D eigenvalue weighted by molar-refractivity contribution is 5.79. The molecule has 0 bridgehead atoms. The summed E-state index contributed by atoms with van der Waals surface area (Å²) in [7, 11) is 0. The van der Waals surface area contributed by atoms with E-state index in [2.05, 4.69) is 13.8 Å². The lowest BCUT2D eigenvalue weighted by Gasteiger charge is -2.48. The van der Waals surface area contributed by atoms with E-state index in [-0.39, 0.29) is 18.1 Å². The van der Waals surface area contributed by atoms with Gasteiger partial charge in [0.1, 0.15) is 5.75 Å². The Labute approximate surface area is 96.0 Å². The largest absolute Gasteiger partial charge is 0.484 e. The fraction of sp³-hybridized carbons (Fsp3) is 0.462. The predicted octanol–water partition coefficient (Wildman–Crippen LogP) is 2.08. The molecule has 86 valence electrons. The van der Waals surface area contributed by atoms with Crippen LogP contribution in [0.5, 0.6) is 5.75 Å². The van der Waals surface area contributed by atoms with Gasteiger partial charge in [-0.1, -0.05) is 18.2 Å². The van der Waals surface area contributed by atoms with Crippen molar-refractivity contribution in [1.29, 1.82) is 0 Å². The van der Waals surface area contributed by atoms with Gasteiger partial charge in [0.15, 0.2) is 6.61 Å². The average molecular weight is 219 g/mol. The predicted molar refractivity (Wildman–Crippen MR) is 62.3 cm³/mol. The van der Waals surface area contributed by atoms with Crippen LogP contribution in [0, 0.1) is 0 Å². The van der Waals surface area contributed by atoms with E-state index in [0.717, 1.165) is 18.7 Å². The third-order valence-corrected chi connectivity index (χ3v) is 3.08. The van der Waals surface area contributed by atoms with Crippen molar-refractivity contribution < 1.29 is 9.53 Å². The van der Waals surface area contributed by atoms with Crippen molar-refractivity contribution in [3.63, 3.8) is 0 Å². The minimum Gasteiger partial charge on any atom is -0.484 e. The van der Waals surface area contributed by atoms with Gasteiger partial charge in [-0.15, -0.1) is 0 Å². The Kier molecular flexibility index (Phi) is 2.86. The van der Waals surface area contributed by atoms with Crippen molar-refractivity contribution >= 4 is 5.91 Å². The molecule has 0 saturated carbocycles. The van der Waals surface area contributed by atoms with Crippen molar-refractivity contribution in [2.75, 3.05) is 13.2 Å². The van der Waals surface area contributed by atoms with Crippen molar-refractivity contribution in [2.45, 2.75) is 25.8 Å². The normalized spacial score (nSPS) is 17.8. The van der Waals surface area contributed by atoms with Gasteiger partial charge in [0.25, 0.3) is 5.91 Å². The van der Waals surface area contributed by atoms with Crippen molar-refractivity contribution in [2.24, 2.45) is 0 Å². The molecule has 1 aliphatic rings. The van der Waals surface area contributed by atoms with Crippen molar-refractivity contribution in [3.05, 3.63) is 30.3 Å². The van der Waals surface area contributed by atoms with Gasteiger partial charge in [0, 0.05) is 12.1 Å². The summed E-state index contributed by atoms with van der Waals surface area (Å²) in [5.41, 5.74) is 0.0110. The molecule has 0 spiro atoms. The second-order valence-electron chi connectivity index (χ2n) is 4.71. The highest BCUT2D eigenvalue weighted by Gasteiger charge is 2.39. The number of carbonyl (C=O) groups is 1. The third kappa shape index (κ3) is 2.18. The minimum absolute atomic E-state index is 0.0110. The average Bonchev–Trinajstić information content (AvgIpc) is 2.26. The quantitative estimate of drug-likeness (QED) is 0.779. The molecule has 1 heterocycles. The Morgan fingerprint density at radius 3 is 2.56 bits per heavy atom. The van der Waals surface area contributed by atoms with E-state index >= 15 is 0 Å². The summed E-state index contributed by atoms with van der Waals surface area (Å²) in [4.78, 5) is 13.7. The molecule has 1 saturated heterocycles. The van der Waals surface area contributed by atoms with Crippen LogP contribution in [0.15, 0.2) is 30.3 Å². The number of hydrogen-bond donors (Lipinski definition) is 0. The van der Waals surface area contributed by atoms with Gasteiger partial charge in [-0.25, -0.2) is 0 Å². The highest BCUT2D eigenvalue weighted by Crippen LogP contribution is 2.29. The number of para-hydroxylation sites is 1. The molecule has 1 amide bonds. The SMILES string of the molecule is CC1(C)CCN1C(=O)COc1ccccc1. The molecule has 1 aromatic carbocycles. The topological polar surface area (TPSA) is 29.5 Å². The minimum atomic E-state index is 0.0110. The molecule has 1 aliphatic heterocycles. The van der Waals surface area contributed by atoms with Gasteiger partial charge in [0.2, 0.25) is 0 Å². The fourth-order valence-corrected chi connectivity index (χ4v) is 1.87. The molecular formula is C13H17NO2. The van der Waals surface area contributed by atoms with Gasteiger partial charge in [-0.2, -0.15) is 0 Å². The summed E-state index contributed by atoms with van der Waals surface area (Å²) in [5.74, 6) is 0.814. The Balaban J connectivity index is 1.85. The molecule has 0 radical (unpaired) electrons. The van der Waals surface area contributed by atoms with Gasteiger partial charge >= 0.3 is 0 Å². The third-order valence-electron chi connectivity index (χ3n) is 3.08. The molecule has 0 aromatic heterocycles. The van der Waals surface area contributed by atoms with E-state index in [1.807, 2.05) is 35.2 Å². The Morgan fingerprint density at radius 2 is 2.06 bits per heavy atom. The molecule has 3 nitrogen and oxygen atoms in total. The summed E-state index contributed by atoms with van der Waals surface area (Å²) < 4.78 is 5.43. The summed E-state index contributed by atoms with van der Waals surface area (Å²) >= 11 is 0. The number of carbonyl (C=O) groups excluding carboxylic acids is 1. The number of benzene rings is 1. The lowest BCUT2D eigenvalue weighted by Crippen LogP contribution is -2.59. The maximum atomic E-state index is 11.8. The van der Waals surface area contributed by atoms with E-state index in [1.54, 1.807) is 0 Å². The Morgan fingerprint density at radius 1 is 1.38 bits per heavy atom. The summed E-state index contributed by atoms with van der Waals surface area (Å²) in [5, 5.41) is 0.